The van der Waals surface area contributed by atoms with Crippen molar-refractivity contribution in [1.82, 2.24) is 5.16 Å². The Labute approximate surface area is 220 Å². The summed E-state index contributed by atoms with van der Waals surface area (Å²) in [6.45, 7) is 8.94. The summed E-state index contributed by atoms with van der Waals surface area (Å²) in [5.41, 5.74) is -0.263. The van der Waals surface area contributed by atoms with Crippen molar-refractivity contribution >= 4 is 20.3 Å². The summed E-state index contributed by atoms with van der Waals surface area (Å²) in [4.78, 5) is 14.5. The Morgan fingerprint density at radius 3 is 2.62 bits per heavy atom. The lowest BCUT2D eigenvalue weighted by atomic mass is 9.84. The molecule has 0 saturated carbocycles. The summed E-state index contributed by atoms with van der Waals surface area (Å²) in [6.07, 6.45) is 10.0. The molecule has 2 atom stereocenters. The van der Waals surface area contributed by atoms with Crippen LogP contribution in [0.25, 0.3) is 0 Å². The molecule has 8 nitrogen and oxygen atoms in total. The summed E-state index contributed by atoms with van der Waals surface area (Å²) < 4.78 is 31.9. The van der Waals surface area contributed by atoms with Crippen molar-refractivity contribution in [2.75, 3.05) is 27.5 Å². The molecule has 0 saturated heterocycles. The first-order valence-corrected chi connectivity index (χ1v) is 16.0. The van der Waals surface area contributed by atoms with E-state index >= 15 is 0 Å². The number of allylic oxidation sites excluding steroid dienone is 2. The number of benzene rings is 1. The Morgan fingerprint density at radius 2 is 1.95 bits per heavy atom. The molecule has 0 radical (unpaired) electrons. The van der Waals surface area contributed by atoms with Crippen LogP contribution in [0.4, 0.5) is 0 Å². The monoisotopic (exact) mass is 527 g/mol. The fourth-order valence-electron chi connectivity index (χ4n) is 3.81. The van der Waals surface area contributed by atoms with Crippen LogP contribution in [0.1, 0.15) is 41.4 Å². The zero-order chi connectivity index (χ0) is 26.9. The summed E-state index contributed by atoms with van der Waals surface area (Å²) in [7, 11) is 1.60. The molecule has 0 N–H and O–H groups in total. The van der Waals surface area contributed by atoms with Crippen molar-refractivity contribution in [1.29, 1.82) is 0 Å². The normalized spacial score (nSPS) is 19.1. The van der Waals surface area contributed by atoms with Crippen molar-refractivity contribution in [3.05, 3.63) is 71.5 Å². The number of nitrogens with zero attached hydrogens (tertiary/aromatic N) is 2. The third kappa shape index (κ3) is 7.81. The summed E-state index contributed by atoms with van der Waals surface area (Å²) in [5.74, 6) is 0.0827. The zero-order valence-electron chi connectivity index (χ0n) is 22.7. The van der Waals surface area contributed by atoms with E-state index in [2.05, 4.69) is 31.7 Å². The van der Waals surface area contributed by atoms with E-state index in [4.69, 9.17) is 23.2 Å². The minimum atomic E-state index is -2.09. The maximum absolute atomic E-state index is 14.5. The van der Waals surface area contributed by atoms with Crippen molar-refractivity contribution in [3.8, 4) is 5.88 Å². The number of ketones is 1. The van der Waals surface area contributed by atoms with Crippen LogP contribution >= 0.6 is 0 Å². The molecule has 1 aliphatic rings. The van der Waals surface area contributed by atoms with Gasteiger partial charge in [-0.25, -0.2) is 4.58 Å². The molecule has 0 fully saturated rings. The van der Waals surface area contributed by atoms with Gasteiger partial charge in [0.25, 0.3) is 5.88 Å². The van der Waals surface area contributed by atoms with Crippen LogP contribution in [0.15, 0.2) is 59.2 Å². The molecule has 0 bridgehead atoms. The molecule has 200 valence electrons. The smallest absolute Gasteiger partial charge is 0.266 e. The van der Waals surface area contributed by atoms with E-state index in [0.29, 0.717) is 19.0 Å². The van der Waals surface area contributed by atoms with E-state index in [1.165, 1.54) is 0 Å². The Kier molecular flexibility index (Phi) is 10.2. The van der Waals surface area contributed by atoms with E-state index in [9.17, 15) is 4.79 Å². The minimum absolute atomic E-state index is 0.117. The number of hydrogen-bond donors (Lipinski definition) is 0. The Hall–Kier alpha value is -2.85. The van der Waals surface area contributed by atoms with Gasteiger partial charge in [0.1, 0.15) is 32.6 Å². The molecule has 1 heterocycles. The van der Waals surface area contributed by atoms with Gasteiger partial charge in [-0.2, -0.15) is 0 Å². The standard InChI is InChI=1S/C28H39N2O6Si/c1-7-8-18-33-27-25(23(35-29-27)19-30(2)3)26(31)28(17-13-12-16-24(28)36-37(4,5)6)34-21-32-20-22-14-10-9-11-15-22/h9-17,19,24H,7-8,18,20-21H2,1-6H3/q+1/t24-,28+/m1/s1. The molecule has 37 heavy (non-hydrogen) atoms. The molecule has 9 heteroatoms. The maximum Gasteiger partial charge on any atom is 0.266 e. The lowest BCUT2D eigenvalue weighted by Crippen LogP contribution is -2.54. The van der Waals surface area contributed by atoms with Crippen LogP contribution < -0.4 is 4.74 Å². The molecule has 0 spiro atoms. The van der Waals surface area contributed by atoms with E-state index in [-0.39, 0.29) is 24.0 Å². The lowest BCUT2D eigenvalue weighted by Gasteiger charge is -2.39. The van der Waals surface area contributed by atoms with Gasteiger partial charge in [-0.3, -0.25) is 4.79 Å². The molecule has 2 aromatic rings. The highest BCUT2D eigenvalue weighted by Crippen LogP contribution is 2.35. The number of Topliss-reactive ketones (excluding diaryl/α,β-unsaturated/α-hetero) is 1. The average molecular weight is 528 g/mol. The summed E-state index contributed by atoms with van der Waals surface area (Å²) in [6, 6.07) is 9.80. The third-order valence-corrected chi connectivity index (χ3v) is 6.48. The largest absolute Gasteiger partial charge is 0.475 e. The molecule has 0 amide bonds. The van der Waals surface area contributed by atoms with E-state index in [1.807, 2.05) is 56.6 Å². The fraction of sp³-hybridized carbons (Fsp3) is 0.464. The van der Waals surface area contributed by atoms with Crippen LogP contribution in [0.3, 0.4) is 0 Å². The number of unbranched alkanes of at least 4 members (excludes halogenated alkanes) is 1. The first-order chi connectivity index (χ1) is 17.7. The van der Waals surface area contributed by atoms with E-state index in [1.54, 1.807) is 22.9 Å². The highest BCUT2D eigenvalue weighted by Gasteiger charge is 2.50. The highest BCUT2D eigenvalue weighted by atomic mass is 28.4. The van der Waals surface area contributed by atoms with Crippen LogP contribution in [0, 0.1) is 0 Å². The van der Waals surface area contributed by atoms with E-state index in [0.717, 1.165) is 18.4 Å². The molecule has 1 aliphatic carbocycles. The molecule has 0 unspecified atom stereocenters. The third-order valence-electron chi connectivity index (χ3n) is 5.52. The predicted molar refractivity (Wildman–Crippen MR) is 145 cm³/mol. The first kappa shape index (κ1) is 28.7. The zero-order valence-corrected chi connectivity index (χ0v) is 23.7. The number of hydrogen-bond acceptors (Lipinski definition) is 7. The van der Waals surface area contributed by atoms with Crippen LogP contribution in [-0.2, 0) is 20.5 Å². The Bertz CT molecular complexity index is 1120. The number of aromatic nitrogens is 1. The second-order valence-electron chi connectivity index (χ2n) is 10.1. The number of ether oxygens (including phenoxy) is 3. The Morgan fingerprint density at radius 1 is 1.19 bits per heavy atom. The predicted octanol–water partition coefficient (Wildman–Crippen LogP) is 5.00. The van der Waals surface area contributed by atoms with Crippen molar-refractivity contribution in [2.45, 2.75) is 57.7 Å². The summed E-state index contributed by atoms with van der Waals surface area (Å²) >= 11 is 0. The molecule has 0 aliphatic heterocycles. The Balaban J connectivity index is 1.98. The molecular weight excluding hydrogens is 488 g/mol. The van der Waals surface area contributed by atoms with Gasteiger partial charge in [0.15, 0.2) is 13.9 Å². The number of rotatable bonds is 14. The highest BCUT2D eigenvalue weighted by molar-refractivity contribution is 6.69. The second kappa shape index (κ2) is 13.1. The van der Waals surface area contributed by atoms with Gasteiger partial charge >= 0.3 is 0 Å². The van der Waals surface area contributed by atoms with Crippen molar-refractivity contribution in [3.63, 3.8) is 0 Å². The maximum atomic E-state index is 14.5. The number of carbonyl (C=O) groups is 1. The second-order valence-corrected chi connectivity index (χ2v) is 14.6. The fourth-order valence-corrected chi connectivity index (χ4v) is 4.82. The topological polar surface area (TPSA) is 83.0 Å². The van der Waals surface area contributed by atoms with E-state index < -0.39 is 20.0 Å². The van der Waals surface area contributed by atoms with Gasteiger partial charge in [0.05, 0.1) is 13.2 Å². The van der Waals surface area contributed by atoms with Gasteiger partial charge < -0.3 is 23.2 Å². The summed E-state index contributed by atoms with van der Waals surface area (Å²) in [5, 5.41) is 4.09. The van der Waals surface area contributed by atoms with Crippen LogP contribution in [-0.4, -0.2) is 69.2 Å². The average Bonchev–Trinajstić information content (AvgIpc) is 3.23. The minimum Gasteiger partial charge on any atom is -0.475 e. The van der Waals surface area contributed by atoms with Gasteiger partial charge in [0, 0.05) is 0 Å². The van der Waals surface area contributed by atoms with Gasteiger partial charge in [-0.15, -0.1) is 0 Å². The molecular formula is C28H39N2O6Si+. The molecule has 1 aromatic heterocycles. The van der Waals surface area contributed by atoms with Gasteiger partial charge in [-0.05, 0) is 42.9 Å². The quantitative estimate of drug-likeness (QED) is 0.0853. The van der Waals surface area contributed by atoms with Crippen molar-refractivity contribution in [2.24, 2.45) is 0 Å². The van der Waals surface area contributed by atoms with Gasteiger partial charge in [0.2, 0.25) is 17.8 Å². The molecule has 1 aromatic carbocycles. The lowest BCUT2D eigenvalue weighted by molar-refractivity contribution is -0.459. The first-order valence-electron chi connectivity index (χ1n) is 12.6. The SMILES string of the molecule is CCCCOc1noc(C=[N+](C)C)c1C(=O)[C@]1(OCOCc2ccccc2)C=CC=C[C@H]1O[Si](C)(C)C. The van der Waals surface area contributed by atoms with Gasteiger partial charge in [-0.1, -0.05) is 61.9 Å². The molecule has 3 rings (SSSR count). The number of carbonyl (C=O) groups excluding carboxylic acids is 1. The van der Waals surface area contributed by atoms with Crippen LogP contribution in [0.2, 0.25) is 19.6 Å². The van der Waals surface area contributed by atoms with Crippen molar-refractivity contribution < 1.29 is 32.5 Å². The van der Waals surface area contributed by atoms with Crippen LogP contribution in [0.5, 0.6) is 5.88 Å².